The molecule has 0 bridgehead atoms. The number of aryl methyl sites for hydroxylation is 1. The van der Waals surface area contributed by atoms with Gasteiger partial charge in [-0.1, -0.05) is 23.1 Å². The van der Waals surface area contributed by atoms with Crippen molar-refractivity contribution in [2.45, 2.75) is 11.3 Å². The summed E-state index contributed by atoms with van der Waals surface area (Å²) in [6.07, 6.45) is 0. The minimum atomic E-state index is -0.232. The summed E-state index contributed by atoms with van der Waals surface area (Å²) in [6.45, 7) is 6.09. The molecule has 3 rings (SSSR count). The maximum atomic E-state index is 12.4. The molecule has 1 aromatic heterocycles. The van der Waals surface area contributed by atoms with Gasteiger partial charge in [-0.15, -0.1) is 10.2 Å². The van der Waals surface area contributed by atoms with Crippen LogP contribution in [0.5, 0.6) is 0 Å². The van der Waals surface area contributed by atoms with Gasteiger partial charge < -0.3 is 16.0 Å². The number of rotatable bonds is 5. The highest BCUT2D eigenvalue weighted by atomic mass is 32.2. The molecule has 1 aromatic rings. The van der Waals surface area contributed by atoms with Gasteiger partial charge in [0.15, 0.2) is 4.34 Å². The van der Waals surface area contributed by atoms with Crippen LogP contribution in [0.2, 0.25) is 0 Å². The van der Waals surface area contributed by atoms with E-state index in [-0.39, 0.29) is 11.3 Å². The summed E-state index contributed by atoms with van der Waals surface area (Å²) in [7, 11) is 0. The number of carbonyl (C=O) groups excluding carboxylic acids is 1. The molecule has 0 radical (unpaired) electrons. The molecule has 2 saturated heterocycles. The first-order valence-electron chi connectivity index (χ1n) is 6.83. The molecule has 0 aliphatic carbocycles. The second-order valence-corrected chi connectivity index (χ2v) is 7.83. The lowest BCUT2D eigenvalue weighted by Crippen LogP contribution is -2.47. The van der Waals surface area contributed by atoms with E-state index in [1.165, 1.54) is 0 Å². The molecular weight excluding hydrogens is 294 g/mol. The molecule has 8 heteroatoms. The van der Waals surface area contributed by atoms with Gasteiger partial charge in [0, 0.05) is 44.4 Å². The van der Waals surface area contributed by atoms with Crippen LogP contribution in [-0.4, -0.2) is 54.6 Å². The van der Waals surface area contributed by atoms with E-state index in [1.807, 2.05) is 6.92 Å². The predicted octanol–water partition coefficient (Wildman–Crippen LogP) is -0.136. The highest BCUT2D eigenvalue weighted by Crippen LogP contribution is 2.34. The number of carbonyl (C=O) groups is 1. The van der Waals surface area contributed by atoms with Crippen molar-refractivity contribution in [1.29, 1.82) is 0 Å². The van der Waals surface area contributed by atoms with Crippen molar-refractivity contribution in [3.05, 3.63) is 5.01 Å². The summed E-state index contributed by atoms with van der Waals surface area (Å²) in [6, 6.07) is 0. The SMILES string of the molecule is Cc1nnc(SCCNC(=O)C23CNCC2CNC3)s1. The van der Waals surface area contributed by atoms with Crippen LogP contribution in [0.25, 0.3) is 0 Å². The second kappa shape index (κ2) is 5.97. The molecule has 3 heterocycles. The number of nitrogens with one attached hydrogen (secondary N) is 3. The average Bonchev–Trinajstić information content (AvgIpc) is 3.09. The fourth-order valence-electron chi connectivity index (χ4n) is 2.91. The minimum Gasteiger partial charge on any atom is -0.355 e. The van der Waals surface area contributed by atoms with E-state index >= 15 is 0 Å². The standard InChI is InChI=1S/C12H19N5OS2/c1-8-16-17-11(20-8)19-3-2-15-10(18)12-6-13-4-9(12)5-14-7-12/h9,13-14H,2-7H2,1H3,(H,15,18). The van der Waals surface area contributed by atoms with E-state index in [9.17, 15) is 4.79 Å². The van der Waals surface area contributed by atoms with Crippen LogP contribution < -0.4 is 16.0 Å². The zero-order chi connectivity index (χ0) is 14.0. The molecule has 0 aromatic carbocycles. The summed E-state index contributed by atoms with van der Waals surface area (Å²) in [5.41, 5.74) is -0.232. The zero-order valence-corrected chi connectivity index (χ0v) is 13.1. The van der Waals surface area contributed by atoms with Gasteiger partial charge in [0.05, 0.1) is 5.41 Å². The monoisotopic (exact) mass is 313 g/mol. The highest BCUT2D eigenvalue weighted by molar-refractivity contribution is 8.01. The Morgan fingerprint density at radius 1 is 1.45 bits per heavy atom. The number of fused-ring (bicyclic) bond motifs is 1. The Bertz CT molecular complexity index is 482. The normalized spacial score (nSPS) is 28.6. The zero-order valence-electron chi connectivity index (χ0n) is 11.4. The van der Waals surface area contributed by atoms with Crippen molar-refractivity contribution in [1.82, 2.24) is 26.1 Å². The number of hydrogen-bond acceptors (Lipinski definition) is 7. The van der Waals surface area contributed by atoms with Crippen LogP contribution in [0.1, 0.15) is 5.01 Å². The Labute approximate surface area is 126 Å². The number of amides is 1. The van der Waals surface area contributed by atoms with Gasteiger partial charge >= 0.3 is 0 Å². The third kappa shape index (κ3) is 2.69. The molecule has 0 atom stereocenters. The number of thioether (sulfide) groups is 1. The highest BCUT2D eigenvalue weighted by Gasteiger charge is 2.51. The molecule has 0 saturated carbocycles. The fraction of sp³-hybridized carbons (Fsp3) is 0.750. The lowest BCUT2D eigenvalue weighted by Gasteiger charge is -2.25. The molecule has 3 N–H and O–H groups in total. The molecule has 0 spiro atoms. The predicted molar refractivity (Wildman–Crippen MR) is 80.0 cm³/mol. The molecule has 2 fully saturated rings. The largest absolute Gasteiger partial charge is 0.355 e. The summed E-state index contributed by atoms with van der Waals surface area (Å²) in [5, 5.41) is 18.8. The summed E-state index contributed by atoms with van der Waals surface area (Å²) in [4.78, 5) is 12.4. The molecule has 2 aliphatic heterocycles. The molecule has 6 nitrogen and oxygen atoms in total. The van der Waals surface area contributed by atoms with E-state index in [2.05, 4.69) is 26.1 Å². The van der Waals surface area contributed by atoms with Crippen LogP contribution in [0.4, 0.5) is 0 Å². The summed E-state index contributed by atoms with van der Waals surface area (Å²) < 4.78 is 0.970. The van der Waals surface area contributed by atoms with E-state index in [0.29, 0.717) is 12.5 Å². The fourth-order valence-corrected chi connectivity index (χ4v) is 4.66. The lowest BCUT2D eigenvalue weighted by molar-refractivity contribution is -0.130. The molecule has 2 aliphatic rings. The smallest absolute Gasteiger partial charge is 0.229 e. The van der Waals surface area contributed by atoms with Crippen LogP contribution >= 0.6 is 23.1 Å². The Balaban J connectivity index is 1.45. The van der Waals surface area contributed by atoms with Crippen LogP contribution in [0.15, 0.2) is 4.34 Å². The van der Waals surface area contributed by atoms with E-state index in [0.717, 1.165) is 41.3 Å². The Kier molecular flexibility index (Phi) is 4.25. The second-order valence-electron chi connectivity index (χ2n) is 5.31. The summed E-state index contributed by atoms with van der Waals surface area (Å²) in [5.74, 6) is 1.45. The van der Waals surface area contributed by atoms with Gasteiger partial charge in [0.25, 0.3) is 0 Å². The van der Waals surface area contributed by atoms with Crippen molar-refractivity contribution in [3.63, 3.8) is 0 Å². The minimum absolute atomic E-state index is 0.187. The van der Waals surface area contributed by atoms with Gasteiger partial charge in [0.2, 0.25) is 5.91 Å². The van der Waals surface area contributed by atoms with Gasteiger partial charge in [-0.3, -0.25) is 4.79 Å². The van der Waals surface area contributed by atoms with Crippen molar-refractivity contribution < 1.29 is 4.79 Å². The van der Waals surface area contributed by atoms with E-state index in [1.54, 1.807) is 23.1 Å². The third-order valence-corrected chi connectivity index (χ3v) is 5.99. The molecule has 1 amide bonds. The Morgan fingerprint density at radius 2 is 2.20 bits per heavy atom. The molecular formula is C12H19N5OS2. The quantitative estimate of drug-likeness (QED) is 0.519. The molecule has 0 unspecified atom stereocenters. The van der Waals surface area contributed by atoms with Gasteiger partial charge in [0.1, 0.15) is 5.01 Å². The van der Waals surface area contributed by atoms with Crippen molar-refractivity contribution in [3.8, 4) is 0 Å². The average molecular weight is 313 g/mol. The number of aromatic nitrogens is 2. The van der Waals surface area contributed by atoms with Crippen LogP contribution in [0.3, 0.4) is 0 Å². The van der Waals surface area contributed by atoms with Crippen molar-refractivity contribution >= 4 is 29.0 Å². The lowest BCUT2D eigenvalue weighted by atomic mass is 9.80. The maximum absolute atomic E-state index is 12.4. The first-order valence-corrected chi connectivity index (χ1v) is 8.63. The van der Waals surface area contributed by atoms with Crippen molar-refractivity contribution in [2.75, 3.05) is 38.5 Å². The topological polar surface area (TPSA) is 78.9 Å². The molecule has 20 heavy (non-hydrogen) atoms. The Morgan fingerprint density at radius 3 is 2.85 bits per heavy atom. The first-order chi connectivity index (χ1) is 9.71. The first kappa shape index (κ1) is 14.2. The summed E-state index contributed by atoms with van der Waals surface area (Å²) >= 11 is 3.24. The van der Waals surface area contributed by atoms with Gasteiger partial charge in [-0.25, -0.2) is 0 Å². The van der Waals surface area contributed by atoms with Crippen LogP contribution in [0, 0.1) is 18.3 Å². The molecule has 110 valence electrons. The number of hydrogen-bond donors (Lipinski definition) is 3. The van der Waals surface area contributed by atoms with Gasteiger partial charge in [-0.05, 0) is 6.92 Å². The van der Waals surface area contributed by atoms with Crippen molar-refractivity contribution in [2.24, 2.45) is 11.3 Å². The third-order valence-electron chi connectivity index (χ3n) is 4.02. The van der Waals surface area contributed by atoms with Gasteiger partial charge in [-0.2, -0.15) is 0 Å². The van der Waals surface area contributed by atoms with Crippen LogP contribution in [-0.2, 0) is 4.79 Å². The maximum Gasteiger partial charge on any atom is 0.229 e. The van der Waals surface area contributed by atoms with E-state index < -0.39 is 0 Å². The van der Waals surface area contributed by atoms with E-state index in [4.69, 9.17) is 0 Å². The Hall–Kier alpha value is -0.700. The number of nitrogens with zero attached hydrogens (tertiary/aromatic N) is 2.